The summed E-state index contributed by atoms with van der Waals surface area (Å²) in [6.45, 7) is 0. The van der Waals surface area contributed by atoms with Crippen molar-refractivity contribution in [2.24, 2.45) is 5.92 Å². The molecule has 1 aliphatic rings. The van der Waals surface area contributed by atoms with Gasteiger partial charge in [-0.05, 0) is 36.6 Å². The van der Waals surface area contributed by atoms with E-state index in [2.05, 4.69) is 5.32 Å². The van der Waals surface area contributed by atoms with Crippen molar-refractivity contribution >= 4 is 21.4 Å². The minimum Gasteiger partial charge on any atom is -0.323 e. The van der Waals surface area contributed by atoms with Gasteiger partial charge in [-0.3, -0.25) is 4.79 Å². The van der Waals surface area contributed by atoms with Crippen molar-refractivity contribution in [3.63, 3.8) is 0 Å². The van der Waals surface area contributed by atoms with Crippen LogP contribution in [-0.2, 0) is 14.6 Å². The fourth-order valence-electron chi connectivity index (χ4n) is 2.39. The maximum atomic E-state index is 14.2. The van der Waals surface area contributed by atoms with E-state index in [4.69, 9.17) is 0 Å². The quantitative estimate of drug-likeness (QED) is 0.934. The lowest BCUT2D eigenvalue weighted by Crippen LogP contribution is -2.14. The highest BCUT2D eigenvalue weighted by atomic mass is 32.2. The summed E-state index contributed by atoms with van der Waals surface area (Å²) < 4.78 is 38.0. The molecule has 0 radical (unpaired) electrons. The first kappa shape index (κ1) is 15.7. The van der Waals surface area contributed by atoms with Gasteiger partial charge >= 0.3 is 0 Å². The van der Waals surface area contributed by atoms with Crippen LogP contribution in [0.4, 0.5) is 10.1 Å². The SMILES string of the molecule is CS(=O)(=O)c1ccccc1-c1ccc(NC(=O)C2CC2)c(F)c1. The van der Waals surface area contributed by atoms with Crippen LogP contribution in [0, 0.1) is 11.7 Å². The third kappa shape index (κ3) is 3.42. The Balaban J connectivity index is 1.96. The van der Waals surface area contributed by atoms with Crippen LogP contribution in [0.3, 0.4) is 0 Å². The molecule has 0 unspecified atom stereocenters. The van der Waals surface area contributed by atoms with Crippen LogP contribution < -0.4 is 5.32 Å². The van der Waals surface area contributed by atoms with Crippen LogP contribution in [0.15, 0.2) is 47.4 Å². The highest BCUT2D eigenvalue weighted by Crippen LogP contribution is 2.32. The molecule has 0 aliphatic heterocycles. The maximum Gasteiger partial charge on any atom is 0.227 e. The van der Waals surface area contributed by atoms with Crippen molar-refractivity contribution in [2.45, 2.75) is 17.7 Å². The number of nitrogens with one attached hydrogen (secondary N) is 1. The molecule has 6 heteroatoms. The van der Waals surface area contributed by atoms with Crippen molar-refractivity contribution < 1.29 is 17.6 Å². The first-order valence-electron chi connectivity index (χ1n) is 7.26. The van der Waals surface area contributed by atoms with E-state index in [9.17, 15) is 17.6 Å². The Morgan fingerprint density at radius 2 is 1.87 bits per heavy atom. The van der Waals surface area contributed by atoms with Gasteiger partial charge in [-0.15, -0.1) is 0 Å². The Hall–Kier alpha value is -2.21. The fourth-order valence-corrected chi connectivity index (χ4v) is 3.30. The number of halogens is 1. The molecule has 120 valence electrons. The molecule has 2 aromatic rings. The first-order chi connectivity index (χ1) is 10.9. The molecule has 1 N–H and O–H groups in total. The lowest BCUT2D eigenvalue weighted by atomic mass is 10.0. The molecule has 4 nitrogen and oxygen atoms in total. The predicted octanol–water partition coefficient (Wildman–Crippen LogP) is 3.24. The van der Waals surface area contributed by atoms with E-state index in [0.717, 1.165) is 19.1 Å². The molecule has 1 saturated carbocycles. The number of carbonyl (C=O) groups is 1. The first-order valence-corrected chi connectivity index (χ1v) is 9.15. The van der Waals surface area contributed by atoms with Crippen LogP contribution in [0.25, 0.3) is 11.1 Å². The predicted molar refractivity (Wildman–Crippen MR) is 86.3 cm³/mol. The standard InChI is InChI=1S/C17H16FNO3S/c1-23(21,22)16-5-3-2-4-13(16)12-8-9-15(14(18)10-12)19-17(20)11-6-7-11/h2-5,8-11H,6-7H2,1H3,(H,19,20). The van der Waals surface area contributed by atoms with Gasteiger partial charge < -0.3 is 5.32 Å². The number of benzene rings is 2. The molecule has 0 bridgehead atoms. The van der Waals surface area contributed by atoms with Gasteiger partial charge in [0.1, 0.15) is 5.82 Å². The molecule has 1 aliphatic carbocycles. The summed E-state index contributed by atoms with van der Waals surface area (Å²) in [5.74, 6) is -0.770. The number of hydrogen-bond donors (Lipinski definition) is 1. The molecule has 23 heavy (non-hydrogen) atoms. The van der Waals surface area contributed by atoms with Crippen LogP contribution >= 0.6 is 0 Å². The molecule has 3 rings (SSSR count). The van der Waals surface area contributed by atoms with Gasteiger partial charge in [0.25, 0.3) is 0 Å². The molecular weight excluding hydrogens is 317 g/mol. The maximum absolute atomic E-state index is 14.2. The molecule has 0 heterocycles. The van der Waals surface area contributed by atoms with Gasteiger partial charge in [-0.1, -0.05) is 24.3 Å². The number of anilines is 1. The van der Waals surface area contributed by atoms with E-state index in [0.29, 0.717) is 11.1 Å². The van der Waals surface area contributed by atoms with Crippen molar-refractivity contribution in [3.05, 3.63) is 48.3 Å². The second-order valence-corrected chi connectivity index (χ2v) is 7.71. The summed E-state index contributed by atoms with van der Waals surface area (Å²) in [7, 11) is -3.42. The lowest BCUT2D eigenvalue weighted by Gasteiger charge is -2.11. The fraction of sp³-hybridized carbons (Fsp3) is 0.235. The smallest absolute Gasteiger partial charge is 0.227 e. The minimum absolute atomic E-state index is 0.0139. The third-order valence-corrected chi connectivity index (χ3v) is 4.93. The number of rotatable bonds is 4. The van der Waals surface area contributed by atoms with E-state index in [1.807, 2.05) is 0 Å². The largest absolute Gasteiger partial charge is 0.323 e. The normalized spacial score (nSPS) is 14.5. The van der Waals surface area contributed by atoms with Gasteiger partial charge in [0.15, 0.2) is 9.84 Å². The van der Waals surface area contributed by atoms with Crippen molar-refractivity contribution in [1.29, 1.82) is 0 Å². The van der Waals surface area contributed by atoms with Gasteiger partial charge in [-0.25, -0.2) is 12.8 Å². The highest BCUT2D eigenvalue weighted by Gasteiger charge is 2.30. The molecule has 0 saturated heterocycles. The molecular formula is C17H16FNO3S. The Labute approximate surface area is 134 Å². The second-order valence-electron chi connectivity index (χ2n) is 5.73. The van der Waals surface area contributed by atoms with Gasteiger partial charge in [0.05, 0.1) is 10.6 Å². The van der Waals surface area contributed by atoms with E-state index < -0.39 is 15.7 Å². The number of carbonyl (C=O) groups excluding carboxylic acids is 1. The number of sulfone groups is 1. The molecule has 1 amide bonds. The van der Waals surface area contributed by atoms with Crippen molar-refractivity contribution in [1.82, 2.24) is 0 Å². The van der Waals surface area contributed by atoms with Crippen molar-refractivity contribution in [3.8, 4) is 11.1 Å². The zero-order chi connectivity index (χ0) is 16.6. The van der Waals surface area contributed by atoms with E-state index in [1.54, 1.807) is 24.3 Å². The monoisotopic (exact) mass is 333 g/mol. The van der Waals surface area contributed by atoms with E-state index in [1.165, 1.54) is 18.2 Å². The van der Waals surface area contributed by atoms with Gasteiger partial charge in [-0.2, -0.15) is 0 Å². The topological polar surface area (TPSA) is 63.2 Å². The Bertz CT molecular complexity index is 873. The average Bonchev–Trinajstić information content (AvgIpc) is 3.33. The van der Waals surface area contributed by atoms with Crippen LogP contribution in [0.5, 0.6) is 0 Å². The molecule has 0 spiro atoms. The molecule has 0 aromatic heterocycles. The number of amides is 1. The van der Waals surface area contributed by atoms with Gasteiger partial charge in [0, 0.05) is 17.7 Å². The Morgan fingerprint density at radius 3 is 2.48 bits per heavy atom. The Kier molecular flexibility index (Phi) is 3.93. The third-order valence-electron chi connectivity index (χ3n) is 3.77. The minimum atomic E-state index is -3.42. The van der Waals surface area contributed by atoms with Crippen molar-refractivity contribution in [2.75, 3.05) is 11.6 Å². The summed E-state index contributed by atoms with van der Waals surface area (Å²) >= 11 is 0. The molecule has 2 aromatic carbocycles. The summed E-state index contributed by atoms with van der Waals surface area (Å²) in [6.07, 6.45) is 2.80. The van der Waals surface area contributed by atoms with Gasteiger partial charge in [0.2, 0.25) is 5.91 Å². The molecule has 1 fully saturated rings. The van der Waals surface area contributed by atoms with E-state index >= 15 is 0 Å². The lowest BCUT2D eigenvalue weighted by molar-refractivity contribution is -0.117. The second kappa shape index (κ2) is 5.77. The van der Waals surface area contributed by atoms with Crippen LogP contribution in [0.2, 0.25) is 0 Å². The van der Waals surface area contributed by atoms with Crippen LogP contribution in [-0.4, -0.2) is 20.6 Å². The molecule has 0 atom stereocenters. The zero-order valence-electron chi connectivity index (χ0n) is 12.5. The van der Waals surface area contributed by atoms with Crippen LogP contribution in [0.1, 0.15) is 12.8 Å². The summed E-state index contributed by atoms with van der Waals surface area (Å²) in [5, 5.41) is 2.56. The average molecular weight is 333 g/mol. The summed E-state index contributed by atoms with van der Waals surface area (Å²) in [4.78, 5) is 11.9. The van der Waals surface area contributed by atoms with E-state index in [-0.39, 0.29) is 22.4 Å². The highest BCUT2D eigenvalue weighted by molar-refractivity contribution is 7.90. The summed E-state index contributed by atoms with van der Waals surface area (Å²) in [5.41, 5.74) is 1.00. The summed E-state index contributed by atoms with van der Waals surface area (Å²) in [6, 6.07) is 10.8. The zero-order valence-corrected chi connectivity index (χ0v) is 13.4. The Morgan fingerprint density at radius 1 is 1.17 bits per heavy atom. The number of hydrogen-bond acceptors (Lipinski definition) is 3.